The largest absolute Gasteiger partial charge is 0.467 e. The molecule has 2 unspecified atom stereocenters. The number of piperidine rings is 1. The molecule has 4 heterocycles. The molecule has 0 spiro atoms. The molecule has 154 valence electrons. The molecule has 0 saturated carbocycles. The van der Waals surface area contributed by atoms with Gasteiger partial charge < -0.3 is 24.9 Å². The van der Waals surface area contributed by atoms with Gasteiger partial charge in [0.15, 0.2) is 0 Å². The summed E-state index contributed by atoms with van der Waals surface area (Å²) < 4.78 is 7.17. The summed E-state index contributed by atoms with van der Waals surface area (Å²) >= 11 is 0. The predicted octanol–water partition coefficient (Wildman–Crippen LogP) is 2.58. The number of carbonyl (C=O) groups is 1. The van der Waals surface area contributed by atoms with Gasteiger partial charge in [0.05, 0.1) is 24.2 Å². The number of hydrogen-bond acceptors (Lipinski definition) is 5. The van der Waals surface area contributed by atoms with E-state index >= 15 is 0 Å². The van der Waals surface area contributed by atoms with Crippen LogP contribution in [0.4, 0.5) is 11.4 Å². The number of furan rings is 1. The minimum Gasteiger partial charge on any atom is -0.467 e. The molecular formula is C23H24N4O3. The molecule has 0 aliphatic carbocycles. The van der Waals surface area contributed by atoms with E-state index in [0.717, 1.165) is 37.4 Å². The number of benzene rings is 1. The number of rotatable bonds is 4. The Bertz CT molecular complexity index is 1140. The maximum absolute atomic E-state index is 12.5. The summed E-state index contributed by atoms with van der Waals surface area (Å²) in [6.07, 6.45) is 2.67. The topological polar surface area (TPSA) is 93.5 Å². The van der Waals surface area contributed by atoms with Crippen molar-refractivity contribution in [2.45, 2.75) is 25.4 Å². The van der Waals surface area contributed by atoms with E-state index in [0.29, 0.717) is 35.4 Å². The van der Waals surface area contributed by atoms with Gasteiger partial charge in [-0.25, -0.2) is 0 Å². The molecule has 3 aromatic rings. The summed E-state index contributed by atoms with van der Waals surface area (Å²) in [5.74, 6) is 1.23. The zero-order valence-corrected chi connectivity index (χ0v) is 16.6. The molecule has 2 aliphatic rings. The summed E-state index contributed by atoms with van der Waals surface area (Å²) in [5, 5.41) is 2.84. The summed E-state index contributed by atoms with van der Waals surface area (Å²) in [4.78, 5) is 27.0. The number of carbonyl (C=O) groups excluding carboxylic acids is 1. The lowest BCUT2D eigenvalue weighted by Gasteiger charge is -2.44. The van der Waals surface area contributed by atoms with E-state index in [4.69, 9.17) is 10.2 Å². The van der Waals surface area contributed by atoms with Crippen LogP contribution in [0.5, 0.6) is 0 Å². The number of pyridine rings is 1. The number of nitrogens with one attached hydrogen (secondary N) is 1. The lowest BCUT2D eigenvalue weighted by molar-refractivity contribution is 0.0948. The van der Waals surface area contributed by atoms with Gasteiger partial charge in [0.2, 0.25) is 0 Å². The van der Waals surface area contributed by atoms with Gasteiger partial charge >= 0.3 is 0 Å². The first kappa shape index (κ1) is 18.5. The van der Waals surface area contributed by atoms with Gasteiger partial charge in [-0.05, 0) is 48.7 Å². The van der Waals surface area contributed by atoms with Crippen molar-refractivity contribution in [1.29, 1.82) is 0 Å². The molecule has 30 heavy (non-hydrogen) atoms. The van der Waals surface area contributed by atoms with Crippen LogP contribution in [0.15, 0.2) is 64.0 Å². The third-order valence-electron chi connectivity index (χ3n) is 6.11. The van der Waals surface area contributed by atoms with E-state index < -0.39 is 0 Å². The number of nitrogens with two attached hydrogens (primary N) is 1. The maximum Gasteiger partial charge on any atom is 0.251 e. The average Bonchev–Trinajstić information content (AvgIpc) is 3.26. The molecule has 2 aliphatic heterocycles. The van der Waals surface area contributed by atoms with Crippen LogP contribution < -0.4 is 21.5 Å². The van der Waals surface area contributed by atoms with E-state index in [9.17, 15) is 9.59 Å². The number of amides is 1. The number of fused-ring (bicyclic) bond motifs is 4. The number of aromatic nitrogens is 1. The van der Waals surface area contributed by atoms with E-state index in [2.05, 4.69) is 16.3 Å². The van der Waals surface area contributed by atoms with Crippen molar-refractivity contribution in [2.75, 3.05) is 23.7 Å². The van der Waals surface area contributed by atoms with Crippen molar-refractivity contribution < 1.29 is 9.21 Å². The van der Waals surface area contributed by atoms with Crippen LogP contribution in [0, 0.1) is 5.92 Å². The predicted molar refractivity (Wildman–Crippen MR) is 114 cm³/mol. The third-order valence-corrected chi connectivity index (χ3v) is 6.11. The Morgan fingerprint density at radius 3 is 2.83 bits per heavy atom. The number of anilines is 2. The Kier molecular flexibility index (Phi) is 4.58. The average molecular weight is 404 g/mol. The van der Waals surface area contributed by atoms with Crippen LogP contribution in [-0.2, 0) is 13.1 Å². The normalized spacial score (nSPS) is 19.9. The Hall–Kier alpha value is -3.48. The summed E-state index contributed by atoms with van der Waals surface area (Å²) in [6, 6.07) is 14.6. The van der Waals surface area contributed by atoms with Crippen LogP contribution in [0.3, 0.4) is 0 Å². The lowest BCUT2D eigenvalue weighted by Crippen LogP contribution is -2.47. The minimum atomic E-state index is -0.187. The highest BCUT2D eigenvalue weighted by atomic mass is 16.3. The third kappa shape index (κ3) is 3.36. The molecule has 2 bridgehead atoms. The van der Waals surface area contributed by atoms with Crippen LogP contribution in [0.1, 0.15) is 34.2 Å². The van der Waals surface area contributed by atoms with Crippen molar-refractivity contribution in [3.63, 3.8) is 0 Å². The Labute approximate surface area is 174 Å². The molecule has 2 aromatic heterocycles. The number of nitrogen functional groups attached to an aromatic ring is 1. The van der Waals surface area contributed by atoms with Crippen LogP contribution in [0.2, 0.25) is 0 Å². The molecule has 3 N–H and O–H groups in total. The van der Waals surface area contributed by atoms with Crippen LogP contribution >= 0.6 is 0 Å². The summed E-state index contributed by atoms with van der Waals surface area (Å²) in [7, 11) is 0. The highest BCUT2D eigenvalue weighted by Gasteiger charge is 2.35. The van der Waals surface area contributed by atoms with Crippen LogP contribution in [-0.4, -0.2) is 23.6 Å². The Morgan fingerprint density at radius 1 is 1.13 bits per heavy atom. The van der Waals surface area contributed by atoms with Crippen molar-refractivity contribution >= 4 is 17.3 Å². The van der Waals surface area contributed by atoms with E-state index in [1.165, 1.54) is 0 Å². The Morgan fingerprint density at radius 2 is 2.03 bits per heavy atom. The first-order valence-electron chi connectivity index (χ1n) is 10.2. The van der Waals surface area contributed by atoms with Gasteiger partial charge in [-0.1, -0.05) is 6.07 Å². The second-order valence-corrected chi connectivity index (χ2v) is 8.14. The molecule has 2 atom stereocenters. The van der Waals surface area contributed by atoms with Gasteiger partial charge in [-0.15, -0.1) is 0 Å². The summed E-state index contributed by atoms with van der Waals surface area (Å²) in [5.41, 5.74) is 9.60. The smallest absolute Gasteiger partial charge is 0.251 e. The molecule has 7 nitrogen and oxygen atoms in total. The van der Waals surface area contributed by atoms with E-state index in [1.807, 2.05) is 28.8 Å². The Balaban J connectivity index is 1.33. The van der Waals surface area contributed by atoms with Crippen LogP contribution in [0.25, 0.3) is 0 Å². The number of hydrogen-bond donors (Lipinski definition) is 2. The fourth-order valence-electron chi connectivity index (χ4n) is 4.76. The van der Waals surface area contributed by atoms with Gasteiger partial charge in [0.25, 0.3) is 11.5 Å². The molecular weight excluding hydrogens is 380 g/mol. The molecule has 0 radical (unpaired) electrons. The second-order valence-electron chi connectivity index (χ2n) is 8.14. The van der Waals surface area contributed by atoms with E-state index in [-0.39, 0.29) is 11.5 Å². The van der Waals surface area contributed by atoms with Gasteiger partial charge in [0, 0.05) is 42.9 Å². The molecule has 1 amide bonds. The first-order chi connectivity index (χ1) is 14.6. The monoisotopic (exact) mass is 404 g/mol. The highest BCUT2D eigenvalue weighted by Crippen LogP contribution is 2.38. The zero-order valence-electron chi connectivity index (χ0n) is 16.6. The van der Waals surface area contributed by atoms with Crippen molar-refractivity contribution in [3.8, 4) is 0 Å². The summed E-state index contributed by atoms with van der Waals surface area (Å²) in [6.45, 7) is 2.75. The lowest BCUT2D eigenvalue weighted by atomic mass is 9.83. The van der Waals surface area contributed by atoms with Crippen molar-refractivity contribution in [1.82, 2.24) is 9.88 Å². The van der Waals surface area contributed by atoms with Crippen molar-refractivity contribution in [2.24, 2.45) is 5.92 Å². The van der Waals surface area contributed by atoms with Gasteiger partial charge in [-0.2, -0.15) is 0 Å². The fraction of sp³-hybridized carbons (Fsp3) is 0.304. The quantitative estimate of drug-likeness (QED) is 0.652. The maximum atomic E-state index is 12.5. The van der Waals surface area contributed by atoms with Gasteiger partial charge in [0.1, 0.15) is 5.76 Å². The molecule has 7 heteroatoms. The van der Waals surface area contributed by atoms with Crippen molar-refractivity contribution in [3.05, 3.63) is 82.2 Å². The second kappa shape index (κ2) is 7.40. The molecule has 1 saturated heterocycles. The SMILES string of the molecule is Nc1cc(C(=O)NCc2ccco2)ccc1N1CC2CC(C1)c1cccc(=O)n1C2. The minimum absolute atomic E-state index is 0.0834. The fourth-order valence-corrected chi connectivity index (χ4v) is 4.76. The molecule has 5 rings (SSSR count). The zero-order chi connectivity index (χ0) is 20.7. The number of nitrogens with zero attached hydrogens (tertiary/aromatic N) is 2. The van der Waals surface area contributed by atoms with Gasteiger partial charge in [-0.3, -0.25) is 9.59 Å². The highest BCUT2D eigenvalue weighted by molar-refractivity contribution is 5.96. The van der Waals surface area contributed by atoms with E-state index in [1.54, 1.807) is 24.5 Å². The standard InChI is InChI=1S/C23H24N4O3/c24-19-10-16(23(29)25-11-18-3-2-8-30-18)6-7-21(19)26-12-15-9-17(14-26)20-4-1-5-22(28)27(20)13-15/h1-8,10,15,17H,9,11-14,24H2,(H,25,29). The molecule has 1 aromatic carbocycles. The molecule has 1 fully saturated rings. The first-order valence-corrected chi connectivity index (χ1v) is 10.2.